The highest BCUT2D eigenvalue weighted by Crippen LogP contribution is 2.29. The number of nitrogens with one attached hydrogen (secondary N) is 1. The molecule has 0 aromatic carbocycles. The zero-order valence-corrected chi connectivity index (χ0v) is 12.6. The number of aromatic nitrogens is 3. The summed E-state index contributed by atoms with van der Waals surface area (Å²) in [7, 11) is 3.95. The van der Waals surface area contributed by atoms with Crippen molar-refractivity contribution in [3.63, 3.8) is 0 Å². The Morgan fingerprint density at radius 1 is 1.33 bits per heavy atom. The third kappa shape index (κ3) is 3.19. The van der Waals surface area contributed by atoms with Gasteiger partial charge in [0.15, 0.2) is 0 Å². The van der Waals surface area contributed by atoms with E-state index >= 15 is 0 Å². The lowest BCUT2D eigenvalue weighted by atomic mass is 9.92. The van der Waals surface area contributed by atoms with Crippen molar-refractivity contribution in [3.8, 4) is 0 Å². The number of nitrogens with zero attached hydrogens (tertiary/aromatic N) is 4. The highest BCUT2D eigenvalue weighted by molar-refractivity contribution is 5.34. The molecule has 1 aliphatic carbocycles. The summed E-state index contributed by atoms with van der Waals surface area (Å²) in [5.74, 6) is 0.793. The lowest BCUT2D eigenvalue weighted by molar-refractivity contribution is 0.452. The van der Waals surface area contributed by atoms with Crippen molar-refractivity contribution < 1.29 is 0 Å². The summed E-state index contributed by atoms with van der Waals surface area (Å²) in [6.07, 6.45) is 9.04. The molecule has 0 saturated carbocycles. The van der Waals surface area contributed by atoms with E-state index in [-0.39, 0.29) is 0 Å². The molecule has 0 radical (unpaired) electrons. The first-order chi connectivity index (χ1) is 10.2. The monoisotopic (exact) mass is 283 g/mol. The number of rotatable bonds is 4. The van der Waals surface area contributed by atoms with Crippen LogP contribution in [0.2, 0.25) is 0 Å². The summed E-state index contributed by atoms with van der Waals surface area (Å²) in [5.41, 5.74) is 3.63. The minimum Gasteiger partial charge on any atom is -0.347 e. The molecule has 2 heterocycles. The third-order valence-electron chi connectivity index (χ3n) is 3.84. The van der Waals surface area contributed by atoms with Gasteiger partial charge in [0.1, 0.15) is 0 Å². The van der Waals surface area contributed by atoms with Crippen LogP contribution in [0.4, 0.5) is 5.95 Å². The maximum absolute atomic E-state index is 4.68. The van der Waals surface area contributed by atoms with Crippen LogP contribution in [0.5, 0.6) is 0 Å². The molecule has 5 nitrogen and oxygen atoms in total. The van der Waals surface area contributed by atoms with E-state index in [2.05, 4.69) is 26.3 Å². The smallest absolute Gasteiger partial charge is 0.225 e. The standard InChI is InChI=1S/C16H21N5/c1-21(2)16-19-11-13-14(6-3-7-15(13)20-16)18-10-12-5-4-8-17-9-12/h4-5,8-9,11,14,18H,3,6-7,10H2,1-2H3/t14-/m1/s1. The van der Waals surface area contributed by atoms with Gasteiger partial charge in [0.05, 0.1) is 5.69 Å². The molecule has 1 atom stereocenters. The average molecular weight is 283 g/mol. The van der Waals surface area contributed by atoms with E-state index in [4.69, 9.17) is 0 Å². The van der Waals surface area contributed by atoms with E-state index in [0.717, 1.165) is 25.3 Å². The maximum Gasteiger partial charge on any atom is 0.225 e. The van der Waals surface area contributed by atoms with Crippen LogP contribution in [-0.4, -0.2) is 29.0 Å². The van der Waals surface area contributed by atoms with E-state index in [1.807, 2.05) is 37.5 Å². The predicted octanol–water partition coefficient (Wildman–Crippen LogP) is 2.10. The van der Waals surface area contributed by atoms with Gasteiger partial charge in [0.25, 0.3) is 0 Å². The molecule has 21 heavy (non-hydrogen) atoms. The first-order valence-electron chi connectivity index (χ1n) is 7.39. The Labute approximate surface area is 125 Å². The number of hydrogen-bond acceptors (Lipinski definition) is 5. The molecule has 0 unspecified atom stereocenters. The van der Waals surface area contributed by atoms with Crippen LogP contribution >= 0.6 is 0 Å². The van der Waals surface area contributed by atoms with Crippen molar-refractivity contribution in [1.82, 2.24) is 20.3 Å². The van der Waals surface area contributed by atoms with E-state index in [1.54, 1.807) is 6.20 Å². The Balaban J connectivity index is 1.74. The Morgan fingerprint density at radius 3 is 3.00 bits per heavy atom. The zero-order valence-electron chi connectivity index (χ0n) is 12.6. The largest absolute Gasteiger partial charge is 0.347 e. The molecular formula is C16H21N5. The lowest BCUT2D eigenvalue weighted by Crippen LogP contribution is -2.26. The van der Waals surface area contributed by atoms with Crippen molar-refractivity contribution >= 4 is 5.95 Å². The normalized spacial score (nSPS) is 17.3. The minimum atomic E-state index is 0.338. The van der Waals surface area contributed by atoms with Gasteiger partial charge in [-0.15, -0.1) is 0 Å². The van der Waals surface area contributed by atoms with Gasteiger partial charge in [-0.05, 0) is 30.9 Å². The van der Waals surface area contributed by atoms with Crippen molar-refractivity contribution in [3.05, 3.63) is 47.5 Å². The Morgan fingerprint density at radius 2 is 2.24 bits per heavy atom. The number of anilines is 1. The van der Waals surface area contributed by atoms with E-state index in [1.165, 1.54) is 23.2 Å². The maximum atomic E-state index is 4.68. The quantitative estimate of drug-likeness (QED) is 0.931. The van der Waals surface area contributed by atoms with Gasteiger partial charge >= 0.3 is 0 Å². The van der Waals surface area contributed by atoms with Crippen LogP contribution in [0.1, 0.15) is 35.7 Å². The summed E-state index contributed by atoms with van der Waals surface area (Å²) < 4.78 is 0. The summed E-state index contributed by atoms with van der Waals surface area (Å²) >= 11 is 0. The molecule has 2 aromatic heterocycles. The molecule has 0 aliphatic heterocycles. The number of hydrogen-bond donors (Lipinski definition) is 1. The molecule has 110 valence electrons. The topological polar surface area (TPSA) is 53.9 Å². The molecular weight excluding hydrogens is 262 g/mol. The fourth-order valence-electron chi connectivity index (χ4n) is 2.71. The second kappa shape index (κ2) is 6.18. The third-order valence-corrected chi connectivity index (χ3v) is 3.84. The predicted molar refractivity (Wildman–Crippen MR) is 83.1 cm³/mol. The molecule has 0 fully saturated rings. The molecule has 2 aromatic rings. The summed E-state index contributed by atoms with van der Waals surface area (Å²) in [5, 5.41) is 3.61. The van der Waals surface area contributed by atoms with Crippen LogP contribution < -0.4 is 10.2 Å². The number of fused-ring (bicyclic) bond motifs is 1. The van der Waals surface area contributed by atoms with E-state index in [9.17, 15) is 0 Å². The van der Waals surface area contributed by atoms with Crippen LogP contribution in [0, 0.1) is 0 Å². The SMILES string of the molecule is CN(C)c1ncc2c(n1)CCC[C@H]2NCc1cccnc1. The van der Waals surface area contributed by atoms with E-state index < -0.39 is 0 Å². The summed E-state index contributed by atoms with van der Waals surface area (Å²) in [6, 6.07) is 4.40. The summed E-state index contributed by atoms with van der Waals surface area (Å²) in [6.45, 7) is 0.827. The first-order valence-corrected chi connectivity index (χ1v) is 7.39. The van der Waals surface area contributed by atoms with Crippen LogP contribution in [0.15, 0.2) is 30.7 Å². The number of pyridine rings is 1. The average Bonchev–Trinajstić information content (AvgIpc) is 2.53. The Hall–Kier alpha value is -2.01. The van der Waals surface area contributed by atoms with Gasteiger partial charge in [0, 0.05) is 50.8 Å². The van der Waals surface area contributed by atoms with Crippen molar-refractivity contribution in [2.75, 3.05) is 19.0 Å². The Kier molecular flexibility index (Phi) is 4.10. The fourth-order valence-corrected chi connectivity index (χ4v) is 2.71. The second-order valence-corrected chi connectivity index (χ2v) is 5.65. The van der Waals surface area contributed by atoms with Crippen molar-refractivity contribution in [2.45, 2.75) is 31.8 Å². The van der Waals surface area contributed by atoms with Crippen molar-refractivity contribution in [2.24, 2.45) is 0 Å². The highest BCUT2D eigenvalue weighted by atomic mass is 15.2. The van der Waals surface area contributed by atoms with Crippen molar-refractivity contribution in [1.29, 1.82) is 0 Å². The molecule has 0 spiro atoms. The molecule has 1 aliphatic rings. The van der Waals surface area contributed by atoms with Gasteiger partial charge < -0.3 is 10.2 Å². The fraction of sp³-hybridized carbons (Fsp3) is 0.438. The van der Waals surface area contributed by atoms with Gasteiger partial charge in [-0.25, -0.2) is 9.97 Å². The molecule has 0 bridgehead atoms. The number of aryl methyl sites for hydroxylation is 1. The first kappa shape index (κ1) is 13.9. The van der Waals surface area contributed by atoms with Gasteiger partial charge in [-0.2, -0.15) is 0 Å². The lowest BCUT2D eigenvalue weighted by Gasteiger charge is -2.26. The molecule has 1 N–H and O–H groups in total. The van der Waals surface area contributed by atoms with E-state index in [0.29, 0.717) is 6.04 Å². The van der Waals surface area contributed by atoms with Gasteiger partial charge in [-0.1, -0.05) is 6.07 Å². The van der Waals surface area contributed by atoms with Gasteiger partial charge in [-0.3, -0.25) is 4.98 Å². The van der Waals surface area contributed by atoms with Crippen LogP contribution in [0.25, 0.3) is 0 Å². The van der Waals surface area contributed by atoms with Crippen LogP contribution in [-0.2, 0) is 13.0 Å². The van der Waals surface area contributed by atoms with Crippen LogP contribution in [0.3, 0.4) is 0 Å². The highest BCUT2D eigenvalue weighted by Gasteiger charge is 2.22. The van der Waals surface area contributed by atoms with Gasteiger partial charge in [0.2, 0.25) is 5.95 Å². The summed E-state index contributed by atoms with van der Waals surface area (Å²) in [4.78, 5) is 15.2. The zero-order chi connectivity index (χ0) is 14.7. The molecule has 5 heteroatoms. The second-order valence-electron chi connectivity index (χ2n) is 5.65. The molecule has 3 rings (SSSR count). The Bertz CT molecular complexity index is 597. The molecule has 0 saturated heterocycles. The minimum absolute atomic E-state index is 0.338. The molecule has 0 amide bonds.